The molecule has 0 aliphatic carbocycles. The number of pyridine rings is 2. The molecule has 2 aromatic heterocycles. The van der Waals surface area contributed by atoms with Crippen molar-refractivity contribution in [1.29, 1.82) is 0 Å². The molecule has 2 N–H and O–H groups in total. The van der Waals surface area contributed by atoms with Gasteiger partial charge in [-0.2, -0.15) is 0 Å². The Kier molecular flexibility index (Phi) is 5.20. The number of fused-ring (bicyclic) bond motifs is 3. The maximum absolute atomic E-state index is 15.4. The van der Waals surface area contributed by atoms with E-state index in [1.807, 2.05) is 35.2 Å². The molecule has 2 aromatic carbocycles. The van der Waals surface area contributed by atoms with Crippen molar-refractivity contribution in [3.8, 4) is 0 Å². The van der Waals surface area contributed by atoms with Crippen LogP contribution in [0.1, 0.15) is 23.2 Å². The van der Waals surface area contributed by atoms with Crippen molar-refractivity contribution in [2.24, 2.45) is 7.05 Å². The molecule has 0 saturated carbocycles. The van der Waals surface area contributed by atoms with E-state index in [1.165, 1.54) is 23.0 Å². The Labute approximate surface area is 189 Å². The molecule has 1 aliphatic heterocycles. The molecule has 0 bridgehead atoms. The number of carboxylic acid groups (broad SMARTS) is 1. The minimum atomic E-state index is -1.31. The second-order valence-corrected chi connectivity index (χ2v) is 8.36. The molecule has 1 atom stereocenters. The molecule has 1 saturated heterocycles. The number of halogens is 1. The number of aromatic carboxylic acids is 1. The van der Waals surface area contributed by atoms with Crippen LogP contribution in [0, 0.1) is 5.82 Å². The average molecular weight is 446 g/mol. The zero-order valence-corrected chi connectivity index (χ0v) is 18.1. The summed E-state index contributed by atoms with van der Waals surface area (Å²) in [6.07, 6.45) is 4.68. The highest BCUT2D eigenvalue weighted by molar-refractivity contribution is 6.07. The standard InChI is InChI=1S/C25H23FN4O3/c1-29-14-18(25(32)33)24(31)23-17-10-19(26)21(11-20(17)28-13-22(23)29)30-9-5-8-16(30)12-27-15-6-3-2-4-7-15/h2-4,6-7,10-11,13-14,16,27H,5,8-9,12H2,1H3,(H,32,33)/t16-/m0/s1. The van der Waals surface area contributed by atoms with Crippen molar-refractivity contribution in [3.05, 3.63) is 76.5 Å². The molecular weight excluding hydrogens is 423 g/mol. The zero-order valence-electron chi connectivity index (χ0n) is 18.1. The van der Waals surface area contributed by atoms with E-state index in [0.717, 1.165) is 25.1 Å². The summed E-state index contributed by atoms with van der Waals surface area (Å²) in [4.78, 5) is 30.9. The number of aryl methyl sites for hydroxylation is 1. The number of nitrogens with zero attached hydrogens (tertiary/aromatic N) is 3. The molecule has 33 heavy (non-hydrogen) atoms. The van der Waals surface area contributed by atoms with E-state index in [-0.39, 0.29) is 17.0 Å². The van der Waals surface area contributed by atoms with Crippen LogP contribution in [0.4, 0.5) is 15.8 Å². The number of aromatic nitrogens is 2. The highest BCUT2D eigenvalue weighted by Crippen LogP contribution is 2.33. The van der Waals surface area contributed by atoms with E-state index in [1.54, 1.807) is 13.1 Å². The summed E-state index contributed by atoms with van der Waals surface area (Å²) in [5, 5.41) is 13.3. The summed E-state index contributed by atoms with van der Waals surface area (Å²) >= 11 is 0. The van der Waals surface area contributed by atoms with Crippen LogP contribution in [-0.4, -0.2) is 39.8 Å². The first-order chi connectivity index (χ1) is 15.9. The van der Waals surface area contributed by atoms with Crippen LogP contribution < -0.4 is 15.6 Å². The lowest BCUT2D eigenvalue weighted by atomic mass is 10.1. The van der Waals surface area contributed by atoms with Crippen LogP contribution >= 0.6 is 0 Å². The number of hydrogen-bond donors (Lipinski definition) is 2. The van der Waals surface area contributed by atoms with Crippen molar-refractivity contribution >= 4 is 39.1 Å². The molecule has 0 amide bonds. The summed E-state index contributed by atoms with van der Waals surface area (Å²) in [5.74, 6) is -1.77. The minimum Gasteiger partial charge on any atom is -0.477 e. The van der Waals surface area contributed by atoms with Crippen LogP contribution in [0.2, 0.25) is 0 Å². The predicted molar refractivity (Wildman–Crippen MR) is 127 cm³/mol. The number of nitrogens with one attached hydrogen (secondary N) is 1. The molecule has 8 heteroatoms. The molecule has 168 valence electrons. The van der Waals surface area contributed by atoms with Crippen molar-refractivity contribution < 1.29 is 14.3 Å². The van der Waals surface area contributed by atoms with E-state index in [0.29, 0.717) is 28.7 Å². The van der Waals surface area contributed by atoms with Gasteiger partial charge in [-0.25, -0.2) is 9.18 Å². The Morgan fingerprint density at radius 2 is 2.06 bits per heavy atom. The largest absolute Gasteiger partial charge is 0.477 e. The van der Waals surface area contributed by atoms with Gasteiger partial charge in [0.25, 0.3) is 0 Å². The normalized spacial score (nSPS) is 15.9. The van der Waals surface area contributed by atoms with Crippen LogP contribution in [0.3, 0.4) is 0 Å². The fraction of sp³-hybridized carbons (Fsp3) is 0.240. The van der Waals surface area contributed by atoms with Crippen molar-refractivity contribution in [3.63, 3.8) is 0 Å². The van der Waals surface area contributed by atoms with Gasteiger partial charge >= 0.3 is 5.97 Å². The van der Waals surface area contributed by atoms with Gasteiger partial charge in [-0.3, -0.25) is 9.78 Å². The fourth-order valence-corrected chi connectivity index (χ4v) is 4.68. The average Bonchev–Trinajstić information content (AvgIpc) is 3.28. The minimum absolute atomic E-state index is 0.115. The maximum atomic E-state index is 15.4. The Morgan fingerprint density at radius 1 is 1.27 bits per heavy atom. The van der Waals surface area contributed by atoms with Gasteiger partial charge in [0.05, 0.1) is 28.3 Å². The molecule has 1 aliphatic rings. The third kappa shape index (κ3) is 3.67. The Balaban J connectivity index is 1.56. The number of carboxylic acids is 1. The van der Waals surface area contributed by atoms with Crippen LogP contribution in [0.25, 0.3) is 21.8 Å². The number of hydrogen-bond acceptors (Lipinski definition) is 5. The van der Waals surface area contributed by atoms with Gasteiger partial charge in [0.1, 0.15) is 11.4 Å². The van der Waals surface area contributed by atoms with Crippen molar-refractivity contribution in [1.82, 2.24) is 9.55 Å². The Morgan fingerprint density at radius 3 is 2.82 bits per heavy atom. The Hall–Kier alpha value is -3.94. The summed E-state index contributed by atoms with van der Waals surface area (Å²) in [6, 6.07) is 13.0. The molecule has 0 spiro atoms. The van der Waals surface area contributed by atoms with Crippen molar-refractivity contribution in [2.45, 2.75) is 18.9 Å². The number of carbonyl (C=O) groups is 1. The van der Waals surface area contributed by atoms with E-state index in [9.17, 15) is 14.7 Å². The number of anilines is 2. The van der Waals surface area contributed by atoms with Crippen LogP contribution in [0.5, 0.6) is 0 Å². The van der Waals surface area contributed by atoms with Gasteiger partial charge in [-0.1, -0.05) is 18.2 Å². The van der Waals surface area contributed by atoms with E-state index >= 15 is 4.39 Å². The van der Waals surface area contributed by atoms with Gasteiger partial charge in [-0.15, -0.1) is 0 Å². The van der Waals surface area contributed by atoms with E-state index < -0.39 is 17.2 Å². The molecule has 5 rings (SSSR count). The maximum Gasteiger partial charge on any atom is 0.341 e. The highest BCUT2D eigenvalue weighted by Gasteiger charge is 2.27. The lowest BCUT2D eigenvalue weighted by molar-refractivity contribution is 0.0695. The monoisotopic (exact) mass is 446 g/mol. The number of para-hydroxylation sites is 1. The highest BCUT2D eigenvalue weighted by atomic mass is 19.1. The molecule has 3 heterocycles. The quantitative estimate of drug-likeness (QED) is 0.451. The first-order valence-corrected chi connectivity index (χ1v) is 10.8. The Bertz CT molecular complexity index is 1440. The topological polar surface area (TPSA) is 87.5 Å². The summed E-state index contributed by atoms with van der Waals surface area (Å²) in [7, 11) is 1.64. The fourth-order valence-electron chi connectivity index (χ4n) is 4.68. The summed E-state index contributed by atoms with van der Waals surface area (Å²) in [6.45, 7) is 1.40. The first kappa shape index (κ1) is 20.9. The smallest absolute Gasteiger partial charge is 0.341 e. The molecular formula is C25H23FN4O3. The molecule has 7 nitrogen and oxygen atoms in total. The predicted octanol–water partition coefficient (Wildman–Crippen LogP) is 4.00. The van der Waals surface area contributed by atoms with Crippen LogP contribution in [-0.2, 0) is 7.05 Å². The second-order valence-electron chi connectivity index (χ2n) is 8.36. The molecule has 0 unspecified atom stereocenters. The van der Waals surface area contributed by atoms with E-state index in [2.05, 4.69) is 10.3 Å². The van der Waals surface area contributed by atoms with Gasteiger partial charge in [0.15, 0.2) is 0 Å². The van der Waals surface area contributed by atoms with Crippen molar-refractivity contribution in [2.75, 3.05) is 23.3 Å². The lowest BCUT2D eigenvalue weighted by Gasteiger charge is -2.28. The third-order valence-electron chi connectivity index (χ3n) is 6.32. The van der Waals surface area contributed by atoms with Gasteiger partial charge in [0.2, 0.25) is 5.43 Å². The van der Waals surface area contributed by atoms with E-state index in [4.69, 9.17) is 0 Å². The number of benzene rings is 2. The second kappa shape index (κ2) is 8.20. The van der Waals surface area contributed by atoms with Gasteiger partial charge in [-0.05, 0) is 37.1 Å². The van der Waals surface area contributed by atoms with Gasteiger partial charge in [0, 0.05) is 43.4 Å². The zero-order chi connectivity index (χ0) is 23.1. The van der Waals surface area contributed by atoms with Gasteiger partial charge < -0.3 is 19.9 Å². The first-order valence-electron chi connectivity index (χ1n) is 10.8. The summed E-state index contributed by atoms with van der Waals surface area (Å²) < 4.78 is 16.9. The van der Waals surface area contributed by atoms with Crippen LogP contribution in [0.15, 0.2) is 59.7 Å². The molecule has 0 radical (unpaired) electrons. The molecule has 4 aromatic rings. The summed E-state index contributed by atoms with van der Waals surface area (Å²) in [5.41, 5.74) is 1.38. The molecule has 1 fully saturated rings. The SMILES string of the molecule is Cn1cc(C(=O)O)c(=O)c2c3cc(F)c(N4CCC[C@H]4CNc4ccccc4)cc3ncc21. The lowest BCUT2D eigenvalue weighted by Crippen LogP contribution is -2.35. The third-order valence-corrected chi connectivity index (χ3v) is 6.32. The number of rotatable bonds is 5.